The van der Waals surface area contributed by atoms with Gasteiger partial charge >= 0.3 is 0 Å². The van der Waals surface area contributed by atoms with Gasteiger partial charge in [0.05, 0.1) is 5.56 Å². The lowest BCUT2D eigenvalue weighted by atomic mass is 9.92. The molecule has 138 valence electrons. The van der Waals surface area contributed by atoms with E-state index in [0.717, 1.165) is 30.0 Å². The maximum atomic E-state index is 14.1. The van der Waals surface area contributed by atoms with E-state index >= 15 is 0 Å². The Labute approximate surface area is 162 Å². The van der Waals surface area contributed by atoms with Crippen LogP contribution in [0.5, 0.6) is 5.75 Å². The quantitative estimate of drug-likeness (QED) is 0.632. The van der Waals surface area contributed by atoms with Crippen LogP contribution in [0.1, 0.15) is 35.2 Å². The van der Waals surface area contributed by atoms with Crippen molar-refractivity contribution in [2.24, 2.45) is 0 Å². The van der Waals surface area contributed by atoms with Crippen LogP contribution in [0.4, 0.5) is 4.39 Å². The van der Waals surface area contributed by atoms with E-state index in [1.54, 1.807) is 18.2 Å². The van der Waals surface area contributed by atoms with Gasteiger partial charge in [-0.25, -0.2) is 4.39 Å². The summed E-state index contributed by atoms with van der Waals surface area (Å²) in [5.74, 6) is -0.112. The van der Waals surface area contributed by atoms with Crippen molar-refractivity contribution in [1.82, 2.24) is 5.32 Å². The summed E-state index contributed by atoms with van der Waals surface area (Å²) in [6.45, 7) is 0.0146. The lowest BCUT2D eigenvalue weighted by molar-refractivity contribution is 0.0912. The van der Waals surface area contributed by atoms with Crippen LogP contribution < -0.4 is 10.1 Å². The fourth-order valence-electron chi connectivity index (χ4n) is 3.18. The first-order valence-electron chi connectivity index (χ1n) is 9.01. The van der Waals surface area contributed by atoms with Gasteiger partial charge in [-0.05, 0) is 42.8 Å². The molecule has 3 aromatic rings. The molecule has 0 heterocycles. The zero-order chi connectivity index (χ0) is 18.8. The second-order valence-electron chi connectivity index (χ2n) is 6.79. The molecule has 1 aliphatic rings. The maximum Gasteiger partial charge on any atom is 0.255 e. The third kappa shape index (κ3) is 3.76. The molecule has 0 spiro atoms. The number of benzene rings is 3. The number of carbonyl (C=O) groups excluding carboxylic acids is 1. The van der Waals surface area contributed by atoms with Crippen molar-refractivity contribution >= 4 is 28.3 Å². The van der Waals surface area contributed by atoms with Crippen molar-refractivity contribution < 1.29 is 13.9 Å². The fourth-order valence-corrected chi connectivity index (χ4v) is 3.34. The highest BCUT2D eigenvalue weighted by Gasteiger charge is 2.23. The molecule has 4 rings (SSSR count). The molecule has 0 bridgehead atoms. The molecule has 1 amide bonds. The van der Waals surface area contributed by atoms with Gasteiger partial charge in [-0.15, -0.1) is 0 Å². The Morgan fingerprint density at radius 2 is 1.96 bits per heavy atom. The standard InChI is InChI=1S/C22H19ClFNO2/c23-16-10-8-15(20(24)12-16)13-27-21-18-7-2-1-4-14(18)9-11-19(21)22(26)25-17-5-3-6-17/h1-2,4,7-12,17H,3,5-6,13H2,(H,25,26). The number of halogens is 2. The summed E-state index contributed by atoms with van der Waals surface area (Å²) >= 11 is 5.81. The molecule has 3 aromatic carbocycles. The van der Waals surface area contributed by atoms with E-state index in [1.165, 1.54) is 6.07 Å². The Kier molecular flexibility index (Phi) is 4.99. The van der Waals surface area contributed by atoms with Crippen molar-refractivity contribution in [2.75, 3.05) is 0 Å². The predicted octanol–water partition coefficient (Wildman–Crippen LogP) is 5.49. The number of carbonyl (C=O) groups is 1. The molecular weight excluding hydrogens is 365 g/mol. The molecule has 0 saturated heterocycles. The Balaban J connectivity index is 1.67. The van der Waals surface area contributed by atoms with Gasteiger partial charge in [0.25, 0.3) is 5.91 Å². The Morgan fingerprint density at radius 1 is 1.15 bits per heavy atom. The zero-order valence-electron chi connectivity index (χ0n) is 14.7. The average Bonchev–Trinajstić information content (AvgIpc) is 2.63. The van der Waals surface area contributed by atoms with E-state index in [-0.39, 0.29) is 18.6 Å². The van der Waals surface area contributed by atoms with Crippen molar-refractivity contribution in [3.05, 3.63) is 76.6 Å². The minimum absolute atomic E-state index is 0.0146. The number of amides is 1. The first-order valence-corrected chi connectivity index (χ1v) is 9.39. The maximum absolute atomic E-state index is 14.1. The van der Waals surface area contributed by atoms with Crippen LogP contribution in [-0.4, -0.2) is 11.9 Å². The number of fused-ring (bicyclic) bond motifs is 1. The molecule has 1 N–H and O–H groups in total. The molecule has 3 nitrogen and oxygen atoms in total. The lowest BCUT2D eigenvalue weighted by Gasteiger charge is -2.27. The number of ether oxygens (including phenoxy) is 1. The highest BCUT2D eigenvalue weighted by Crippen LogP contribution is 2.32. The molecule has 5 heteroatoms. The third-order valence-corrected chi connectivity index (χ3v) is 5.19. The highest BCUT2D eigenvalue weighted by molar-refractivity contribution is 6.30. The number of hydrogen-bond donors (Lipinski definition) is 1. The first kappa shape index (κ1) is 17.8. The molecule has 0 atom stereocenters. The van der Waals surface area contributed by atoms with Crippen LogP contribution >= 0.6 is 11.6 Å². The second kappa shape index (κ2) is 7.57. The van der Waals surface area contributed by atoms with E-state index < -0.39 is 5.82 Å². The van der Waals surface area contributed by atoms with Crippen LogP contribution in [0.3, 0.4) is 0 Å². The monoisotopic (exact) mass is 383 g/mol. The van der Waals surface area contributed by atoms with E-state index in [4.69, 9.17) is 16.3 Å². The van der Waals surface area contributed by atoms with Gasteiger partial charge in [0.15, 0.2) is 0 Å². The van der Waals surface area contributed by atoms with Crippen LogP contribution in [0.25, 0.3) is 10.8 Å². The third-order valence-electron chi connectivity index (χ3n) is 4.95. The number of nitrogens with one attached hydrogen (secondary N) is 1. The van der Waals surface area contributed by atoms with Gasteiger partial charge in [0.2, 0.25) is 0 Å². The van der Waals surface area contributed by atoms with Crippen LogP contribution in [-0.2, 0) is 6.61 Å². The lowest BCUT2D eigenvalue weighted by Crippen LogP contribution is -2.39. The van der Waals surface area contributed by atoms with E-state index in [0.29, 0.717) is 21.9 Å². The Bertz CT molecular complexity index is 1000. The summed E-state index contributed by atoms with van der Waals surface area (Å²) in [4.78, 5) is 12.8. The van der Waals surface area contributed by atoms with Gasteiger partial charge in [0.1, 0.15) is 18.2 Å². The predicted molar refractivity (Wildman–Crippen MR) is 105 cm³/mol. The minimum atomic E-state index is -0.428. The zero-order valence-corrected chi connectivity index (χ0v) is 15.4. The van der Waals surface area contributed by atoms with Crippen molar-refractivity contribution in [2.45, 2.75) is 31.9 Å². The molecule has 0 aliphatic heterocycles. The Morgan fingerprint density at radius 3 is 2.70 bits per heavy atom. The number of hydrogen-bond acceptors (Lipinski definition) is 2. The minimum Gasteiger partial charge on any atom is -0.487 e. The molecule has 0 unspecified atom stereocenters. The molecule has 1 fully saturated rings. The smallest absolute Gasteiger partial charge is 0.255 e. The molecule has 0 aromatic heterocycles. The average molecular weight is 384 g/mol. The van der Waals surface area contributed by atoms with Crippen molar-refractivity contribution in [1.29, 1.82) is 0 Å². The van der Waals surface area contributed by atoms with Gasteiger partial charge in [-0.2, -0.15) is 0 Å². The molecule has 1 aliphatic carbocycles. The summed E-state index contributed by atoms with van der Waals surface area (Å²) in [5, 5.41) is 5.17. The summed E-state index contributed by atoms with van der Waals surface area (Å²) < 4.78 is 20.1. The molecular formula is C22H19ClFNO2. The normalized spacial score (nSPS) is 14.0. The van der Waals surface area contributed by atoms with E-state index in [9.17, 15) is 9.18 Å². The summed E-state index contributed by atoms with van der Waals surface area (Å²) in [7, 11) is 0. The molecule has 1 saturated carbocycles. The topological polar surface area (TPSA) is 38.3 Å². The van der Waals surface area contributed by atoms with Gasteiger partial charge in [-0.3, -0.25) is 4.79 Å². The summed E-state index contributed by atoms with van der Waals surface area (Å²) in [6, 6.07) is 16.1. The molecule has 0 radical (unpaired) electrons. The van der Waals surface area contributed by atoms with Gasteiger partial charge in [-0.1, -0.05) is 48.0 Å². The van der Waals surface area contributed by atoms with Crippen LogP contribution in [0.2, 0.25) is 5.02 Å². The van der Waals surface area contributed by atoms with E-state index in [2.05, 4.69) is 5.32 Å². The SMILES string of the molecule is O=C(NC1CCC1)c1ccc2ccccc2c1OCc1ccc(Cl)cc1F. The van der Waals surface area contributed by atoms with Crippen molar-refractivity contribution in [3.8, 4) is 5.75 Å². The largest absolute Gasteiger partial charge is 0.487 e. The first-order chi connectivity index (χ1) is 13.1. The van der Waals surface area contributed by atoms with Crippen molar-refractivity contribution in [3.63, 3.8) is 0 Å². The van der Waals surface area contributed by atoms with Crippen LogP contribution in [0.15, 0.2) is 54.6 Å². The van der Waals surface area contributed by atoms with Gasteiger partial charge < -0.3 is 10.1 Å². The fraction of sp³-hybridized carbons (Fsp3) is 0.227. The molecule has 27 heavy (non-hydrogen) atoms. The van der Waals surface area contributed by atoms with Gasteiger partial charge in [0, 0.05) is 22.0 Å². The number of rotatable bonds is 5. The summed E-state index contributed by atoms with van der Waals surface area (Å²) in [5.41, 5.74) is 0.854. The van der Waals surface area contributed by atoms with Crippen LogP contribution in [0, 0.1) is 5.82 Å². The van der Waals surface area contributed by atoms with E-state index in [1.807, 2.05) is 30.3 Å². The highest BCUT2D eigenvalue weighted by atomic mass is 35.5. The second-order valence-corrected chi connectivity index (χ2v) is 7.23. The Hall–Kier alpha value is -2.59. The summed E-state index contributed by atoms with van der Waals surface area (Å²) in [6.07, 6.45) is 3.15.